The number of halogens is 1. The molecule has 2 aromatic carbocycles. The summed E-state index contributed by atoms with van der Waals surface area (Å²) < 4.78 is 0.261. The van der Waals surface area contributed by atoms with Gasteiger partial charge in [0.05, 0.1) is 10.6 Å². The Hall–Kier alpha value is -2.21. The lowest BCUT2D eigenvalue weighted by Crippen LogP contribution is -2.12. The summed E-state index contributed by atoms with van der Waals surface area (Å²) in [5, 5.41) is 13.6. The molecule has 0 aliphatic carbocycles. The second-order valence-electron chi connectivity index (χ2n) is 4.22. The molecule has 0 bridgehead atoms. The first kappa shape index (κ1) is 14.2. The van der Waals surface area contributed by atoms with Gasteiger partial charge < -0.3 is 5.32 Å². The standard InChI is InChI=1S/C14H11BrN2O3/c1-9-7-11(13(15)12(8-9)17(19)20)16-14(18)10-5-3-2-4-6-10/h2-8H,1H3,(H,16,18). The van der Waals surface area contributed by atoms with Gasteiger partial charge in [-0.3, -0.25) is 14.9 Å². The zero-order valence-corrected chi connectivity index (χ0v) is 12.2. The molecule has 20 heavy (non-hydrogen) atoms. The van der Waals surface area contributed by atoms with E-state index >= 15 is 0 Å². The van der Waals surface area contributed by atoms with E-state index in [0.29, 0.717) is 16.8 Å². The molecule has 0 saturated heterocycles. The van der Waals surface area contributed by atoms with Gasteiger partial charge in [0, 0.05) is 11.6 Å². The third kappa shape index (κ3) is 3.03. The second-order valence-corrected chi connectivity index (χ2v) is 5.02. The first-order valence-electron chi connectivity index (χ1n) is 5.80. The molecular weight excluding hydrogens is 324 g/mol. The van der Waals surface area contributed by atoms with E-state index in [4.69, 9.17) is 0 Å². The van der Waals surface area contributed by atoms with Gasteiger partial charge in [-0.25, -0.2) is 0 Å². The van der Waals surface area contributed by atoms with Crippen LogP contribution in [0.5, 0.6) is 0 Å². The predicted molar refractivity (Wildman–Crippen MR) is 79.9 cm³/mol. The van der Waals surface area contributed by atoms with Gasteiger partial charge in [0.2, 0.25) is 0 Å². The average Bonchev–Trinajstić information content (AvgIpc) is 2.43. The lowest BCUT2D eigenvalue weighted by Gasteiger charge is -2.09. The highest BCUT2D eigenvalue weighted by atomic mass is 79.9. The third-order valence-corrected chi connectivity index (χ3v) is 3.51. The number of hydrogen-bond donors (Lipinski definition) is 1. The summed E-state index contributed by atoms with van der Waals surface area (Å²) in [6.07, 6.45) is 0. The first-order chi connectivity index (χ1) is 9.49. The largest absolute Gasteiger partial charge is 0.321 e. The topological polar surface area (TPSA) is 72.2 Å². The minimum atomic E-state index is -0.491. The number of aryl methyl sites for hydroxylation is 1. The van der Waals surface area contributed by atoms with Gasteiger partial charge in [0.25, 0.3) is 11.6 Å². The Kier molecular flexibility index (Phi) is 4.14. The van der Waals surface area contributed by atoms with E-state index in [2.05, 4.69) is 21.2 Å². The molecule has 0 spiro atoms. The van der Waals surface area contributed by atoms with Crippen LogP contribution in [0.25, 0.3) is 0 Å². The van der Waals surface area contributed by atoms with E-state index in [1.807, 2.05) is 6.07 Å². The number of rotatable bonds is 3. The van der Waals surface area contributed by atoms with E-state index in [-0.39, 0.29) is 16.1 Å². The van der Waals surface area contributed by atoms with E-state index in [9.17, 15) is 14.9 Å². The fraction of sp³-hybridized carbons (Fsp3) is 0.0714. The molecule has 102 valence electrons. The van der Waals surface area contributed by atoms with E-state index in [1.165, 1.54) is 6.07 Å². The van der Waals surface area contributed by atoms with Gasteiger partial charge in [-0.05, 0) is 46.6 Å². The molecule has 0 unspecified atom stereocenters. The molecule has 6 heteroatoms. The van der Waals surface area contributed by atoms with Crippen LogP contribution in [0.4, 0.5) is 11.4 Å². The minimum absolute atomic E-state index is 0.0756. The number of nitro groups is 1. The summed E-state index contributed by atoms with van der Waals surface area (Å²) in [5.74, 6) is -0.314. The summed E-state index contributed by atoms with van der Waals surface area (Å²) in [4.78, 5) is 22.5. The highest BCUT2D eigenvalue weighted by Crippen LogP contribution is 2.33. The Bertz CT molecular complexity index is 672. The summed E-state index contributed by atoms with van der Waals surface area (Å²) in [7, 11) is 0. The number of anilines is 1. The quantitative estimate of drug-likeness (QED) is 0.683. The number of nitrogens with one attached hydrogen (secondary N) is 1. The molecule has 1 amide bonds. The van der Waals surface area contributed by atoms with Crippen molar-refractivity contribution in [2.75, 3.05) is 5.32 Å². The van der Waals surface area contributed by atoms with Gasteiger partial charge in [-0.2, -0.15) is 0 Å². The van der Waals surface area contributed by atoms with Crippen molar-refractivity contribution >= 4 is 33.2 Å². The van der Waals surface area contributed by atoms with Gasteiger partial charge in [0.1, 0.15) is 4.47 Å². The van der Waals surface area contributed by atoms with Crippen LogP contribution in [0.1, 0.15) is 15.9 Å². The minimum Gasteiger partial charge on any atom is -0.321 e. The van der Waals surface area contributed by atoms with Crippen LogP contribution < -0.4 is 5.32 Å². The molecule has 2 rings (SSSR count). The van der Waals surface area contributed by atoms with Crippen molar-refractivity contribution in [3.8, 4) is 0 Å². The Morgan fingerprint density at radius 2 is 1.90 bits per heavy atom. The Labute approximate surface area is 123 Å². The summed E-state index contributed by atoms with van der Waals surface area (Å²) in [5.41, 5.74) is 1.49. The van der Waals surface area contributed by atoms with Crippen LogP contribution in [0.15, 0.2) is 46.9 Å². The van der Waals surface area contributed by atoms with Crippen LogP contribution in [-0.2, 0) is 0 Å². The SMILES string of the molecule is Cc1cc(NC(=O)c2ccccc2)c(Br)c([N+](=O)[O-])c1. The molecule has 0 radical (unpaired) electrons. The number of amides is 1. The lowest BCUT2D eigenvalue weighted by molar-refractivity contribution is -0.385. The number of carbonyl (C=O) groups excluding carboxylic acids is 1. The molecule has 0 aliphatic rings. The highest BCUT2D eigenvalue weighted by molar-refractivity contribution is 9.10. The number of nitrogens with zero attached hydrogens (tertiary/aromatic N) is 1. The number of benzene rings is 2. The number of carbonyl (C=O) groups is 1. The molecule has 2 aromatic rings. The van der Waals surface area contributed by atoms with Gasteiger partial charge in [0.15, 0.2) is 0 Å². The summed E-state index contributed by atoms with van der Waals surface area (Å²) in [6.45, 7) is 1.73. The van der Waals surface area contributed by atoms with Gasteiger partial charge >= 0.3 is 0 Å². The van der Waals surface area contributed by atoms with Crippen molar-refractivity contribution < 1.29 is 9.72 Å². The van der Waals surface area contributed by atoms with Crippen LogP contribution in [0.2, 0.25) is 0 Å². The Morgan fingerprint density at radius 1 is 1.25 bits per heavy atom. The maximum atomic E-state index is 12.1. The Balaban J connectivity index is 2.35. The van der Waals surface area contributed by atoms with E-state index in [0.717, 1.165) is 0 Å². The molecule has 1 N–H and O–H groups in total. The average molecular weight is 335 g/mol. The maximum Gasteiger partial charge on any atom is 0.285 e. The number of nitro benzene ring substituents is 1. The van der Waals surface area contributed by atoms with E-state index < -0.39 is 4.92 Å². The van der Waals surface area contributed by atoms with Crippen molar-refractivity contribution in [2.45, 2.75) is 6.92 Å². The van der Waals surface area contributed by atoms with Crippen molar-refractivity contribution in [3.05, 3.63) is 68.2 Å². The van der Waals surface area contributed by atoms with E-state index in [1.54, 1.807) is 37.3 Å². The molecule has 0 saturated carbocycles. The first-order valence-corrected chi connectivity index (χ1v) is 6.59. The molecule has 5 nitrogen and oxygen atoms in total. The molecule has 0 aromatic heterocycles. The lowest BCUT2D eigenvalue weighted by atomic mass is 10.1. The molecular formula is C14H11BrN2O3. The molecule has 0 heterocycles. The highest BCUT2D eigenvalue weighted by Gasteiger charge is 2.18. The van der Waals surface area contributed by atoms with Crippen LogP contribution in [-0.4, -0.2) is 10.8 Å². The Morgan fingerprint density at radius 3 is 2.50 bits per heavy atom. The van der Waals surface area contributed by atoms with Crippen molar-refractivity contribution in [1.29, 1.82) is 0 Å². The zero-order valence-electron chi connectivity index (χ0n) is 10.6. The van der Waals surface area contributed by atoms with Crippen molar-refractivity contribution in [1.82, 2.24) is 0 Å². The predicted octanol–water partition coefficient (Wildman–Crippen LogP) is 3.92. The maximum absolute atomic E-state index is 12.1. The van der Waals surface area contributed by atoms with Crippen LogP contribution in [0.3, 0.4) is 0 Å². The van der Waals surface area contributed by atoms with Crippen molar-refractivity contribution in [3.63, 3.8) is 0 Å². The number of hydrogen-bond acceptors (Lipinski definition) is 3. The third-order valence-electron chi connectivity index (χ3n) is 2.68. The molecule has 0 aliphatic heterocycles. The summed E-state index contributed by atoms with van der Waals surface area (Å²) >= 11 is 3.16. The molecule has 0 atom stereocenters. The fourth-order valence-electron chi connectivity index (χ4n) is 1.76. The summed E-state index contributed by atoms with van der Waals surface area (Å²) in [6, 6.07) is 11.8. The normalized spacial score (nSPS) is 10.1. The monoisotopic (exact) mass is 334 g/mol. The van der Waals surface area contributed by atoms with Crippen LogP contribution in [0, 0.1) is 17.0 Å². The van der Waals surface area contributed by atoms with Crippen molar-refractivity contribution in [2.24, 2.45) is 0 Å². The van der Waals surface area contributed by atoms with Crippen LogP contribution >= 0.6 is 15.9 Å². The molecule has 0 fully saturated rings. The zero-order chi connectivity index (χ0) is 14.7. The van der Waals surface area contributed by atoms with Gasteiger partial charge in [-0.15, -0.1) is 0 Å². The van der Waals surface area contributed by atoms with Gasteiger partial charge in [-0.1, -0.05) is 18.2 Å². The smallest absolute Gasteiger partial charge is 0.285 e. The second kappa shape index (κ2) is 5.83. The fourth-order valence-corrected chi connectivity index (χ4v) is 2.23.